The lowest BCUT2D eigenvalue weighted by Crippen LogP contribution is -2.33. The summed E-state index contributed by atoms with van der Waals surface area (Å²) in [6.45, 7) is 3.69. The molecule has 0 unspecified atom stereocenters. The van der Waals surface area contributed by atoms with Gasteiger partial charge in [0, 0.05) is 24.0 Å². The van der Waals surface area contributed by atoms with Gasteiger partial charge in [-0.1, -0.05) is 32.0 Å². The largest absolute Gasteiger partial charge is 0.482 e. The fraction of sp³-hybridized carbons (Fsp3) is 0.381. The highest BCUT2D eigenvalue weighted by Gasteiger charge is 2.43. The SMILES string of the molecule is COC(=O)COc1ccccc1[C@@H]1C(C#N)=C(N)OC2=C1C(=O)CC(C)(C)C2. The average Bonchev–Trinajstić information content (AvgIpc) is 2.64. The van der Waals surface area contributed by atoms with Crippen molar-refractivity contribution in [3.63, 3.8) is 0 Å². The van der Waals surface area contributed by atoms with E-state index in [1.54, 1.807) is 24.3 Å². The number of methoxy groups -OCH3 is 1. The van der Waals surface area contributed by atoms with Gasteiger partial charge in [0.25, 0.3) is 0 Å². The van der Waals surface area contributed by atoms with Gasteiger partial charge in [0.1, 0.15) is 23.2 Å². The number of Topliss-reactive ketones (excluding diaryl/α,β-unsaturated/α-hetero) is 1. The van der Waals surface area contributed by atoms with Gasteiger partial charge >= 0.3 is 5.97 Å². The second kappa shape index (κ2) is 7.39. The standard InChI is InChI=1S/C21H22N2O5/c1-21(2)8-14(24)19-16(9-21)28-20(23)13(10-22)18(19)12-6-4-5-7-15(12)27-11-17(25)26-3/h4-7,18H,8-9,11,23H2,1-3H3/t18-/m1/s1. The van der Waals surface area contributed by atoms with Gasteiger partial charge in [0.05, 0.1) is 13.0 Å². The molecule has 0 radical (unpaired) electrons. The predicted octanol–water partition coefficient (Wildman–Crippen LogP) is 2.69. The summed E-state index contributed by atoms with van der Waals surface area (Å²) >= 11 is 0. The first kappa shape index (κ1) is 19.5. The fourth-order valence-corrected chi connectivity index (χ4v) is 3.64. The summed E-state index contributed by atoms with van der Waals surface area (Å²) in [5.74, 6) is -0.465. The maximum atomic E-state index is 13.0. The van der Waals surface area contributed by atoms with Gasteiger partial charge in [-0.15, -0.1) is 0 Å². The van der Waals surface area contributed by atoms with Crippen LogP contribution in [-0.4, -0.2) is 25.5 Å². The van der Waals surface area contributed by atoms with E-state index >= 15 is 0 Å². The van der Waals surface area contributed by atoms with Crippen LogP contribution in [0.2, 0.25) is 0 Å². The van der Waals surface area contributed by atoms with Gasteiger partial charge in [0.2, 0.25) is 5.88 Å². The molecule has 2 aliphatic rings. The lowest BCUT2D eigenvalue weighted by Gasteiger charge is -2.37. The number of ketones is 1. The maximum absolute atomic E-state index is 13.0. The average molecular weight is 382 g/mol. The van der Waals surface area contributed by atoms with Gasteiger partial charge in [-0.25, -0.2) is 4.79 Å². The number of ether oxygens (including phenoxy) is 3. The van der Waals surface area contributed by atoms with Crippen LogP contribution in [-0.2, 0) is 19.1 Å². The number of carbonyl (C=O) groups excluding carboxylic acids is 2. The van der Waals surface area contributed by atoms with Gasteiger partial charge in [-0.2, -0.15) is 5.26 Å². The van der Waals surface area contributed by atoms with E-state index in [9.17, 15) is 14.9 Å². The van der Waals surface area contributed by atoms with E-state index in [0.29, 0.717) is 35.5 Å². The first-order chi connectivity index (χ1) is 13.3. The number of rotatable bonds is 4. The molecule has 0 saturated carbocycles. The minimum Gasteiger partial charge on any atom is -0.482 e. The summed E-state index contributed by atoms with van der Waals surface area (Å²) in [4.78, 5) is 24.5. The van der Waals surface area contributed by atoms with Gasteiger partial charge in [-0.3, -0.25) is 4.79 Å². The summed E-state index contributed by atoms with van der Waals surface area (Å²) in [5.41, 5.74) is 6.93. The number of allylic oxidation sites excluding steroid dienone is 3. The van der Waals surface area contributed by atoms with E-state index in [2.05, 4.69) is 10.8 Å². The Morgan fingerprint density at radius 2 is 2.07 bits per heavy atom. The highest BCUT2D eigenvalue weighted by molar-refractivity contribution is 6.00. The van der Waals surface area contributed by atoms with Crippen molar-refractivity contribution in [1.82, 2.24) is 0 Å². The number of nitrogens with zero attached hydrogens (tertiary/aromatic N) is 1. The molecule has 28 heavy (non-hydrogen) atoms. The smallest absolute Gasteiger partial charge is 0.343 e. The zero-order valence-electron chi connectivity index (χ0n) is 16.1. The lowest BCUT2D eigenvalue weighted by molar-refractivity contribution is -0.143. The zero-order valence-corrected chi connectivity index (χ0v) is 16.1. The monoisotopic (exact) mass is 382 g/mol. The fourth-order valence-electron chi connectivity index (χ4n) is 3.64. The van der Waals surface area contributed by atoms with Gasteiger partial charge < -0.3 is 19.9 Å². The third kappa shape index (κ3) is 3.58. The Morgan fingerprint density at radius 1 is 1.36 bits per heavy atom. The molecule has 0 amide bonds. The van der Waals surface area contributed by atoms with Crippen LogP contribution in [0.3, 0.4) is 0 Å². The summed E-state index contributed by atoms with van der Waals surface area (Å²) in [7, 11) is 1.27. The summed E-state index contributed by atoms with van der Waals surface area (Å²) in [6.07, 6.45) is 0.880. The Bertz CT molecular complexity index is 936. The molecule has 3 rings (SSSR count). The van der Waals surface area contributed by atoms with E-state index in [4.69, 9.17) is 15.2 Å². The number of nitrogens with two attached hydrogens (primary N) is 1. The zero-order chi connectivity index (χ0) is 20.5. The molecule has 1 heterocycles. The highest BCUT2D eigenvalue weighted by Crippen LogP contribution is 2.49. The van der Waals surface area contributed by atoms with Crippen molar-refractivity contribution in [1.29, 1.82) is 5.26 Å². The Labute approximate surface area is 163 Å². The van der Waals surface area contributed by atoms with E-state index in [0.717, 1.165) is 0 Å². The molecule has 2 N–H and O–H groups in total. The van der Waals surface area contributed by atoms with Crippen LogP contribution < -0.4 is 10.5 Å². The van der Waals surface area contributed by atoms with E-state index in [-0.39, 0.29) is 29.3 Å². The van der Waals surface area contributed by atoms with Crippen molar-refractivity contribution >= 4 is 11.8 Å². The molecule has 7 nitrogen and oxygen atoms in total. The van der Waals surface area contributed by atoms with E-state index < -0.39 is 11.9 Å². The topological polar surface area (TPSA) is 112 Å². The van der Waals surface area contributed by atoms with Gasteiger partial charge in [-0.05, 0) is 11.5 Å². The summed E-state index contributed by atoms with van der Waals surface area (Å²) in [6, 6.07) is 9.03. The Balaban J connectivity index is 2.11. The van der Waals surface area contributed by atoms with Crippen molar-refractivity contribution in [3.05, 3.63) is 52.6 Å². The second-order valence-corrected chi connectivity index (χ2v) is 7.61. The molecule has 1 aromatic carbocycles. The summed E-state index contributed by atoms with van der Waals surface area (Å²) in [5, 5.41) is 9.70. The van der Waals surface area contributed by atoms with Crippen LogP contribution >= 0.6 is 0 Å². The first-order valence-corrected chi connectivity index (χ1v) is 8.90. The number of hydrogen-bond donors (Lipinski definition) is 1. The number of esters is 1. The molecule has 0 spiro atoms. The quantitative estimate of drug-likeness (QED) is 0.797. The van der Waals surface area contributed by atoms with Crippen molar-refractivity contribution in [3.8, 4) is 11.8 Å². The molecule has 0 aromatic heterocycles. The molecule has 7 heteroatoms. The van der Waals surface area contributed by atoms with Crippen LogP contribution in [0.4, 0.5) is 0 Å². The molecule has 0 bridgehead atoms. The summed E-state index contributed by atoms with van der Waals surface area (Å²) < 4.78 is 15.9. The third-order valence-electron chi connectivity index (χ3n) is 4.88. The van der Waals surface area contributed by atoms with E-state index in [1.807, 2.05) is 13.8 Å². The van der Waals surface area contributed by atoms with Crippen molar-refractivity contribution in [2.75, 3.05) is 13.7 Å². The highest BCUT2D eigenvalue weighted by atomic mass is 16.6. The van der Waals surface area contributed by atoms with E-state index in [1.165, 1.54) is 7.11 Å². The Morgan fingerprint density at radius 3 is 2.75 bits per heavy atom. The molecule has 146 valence electrons. The Kier molecular flexibility index (Phi) is 5.14. The molecule has 1 aliphatic carbocycles. The van der Waals surface area contributed by atoms with Crippen LogP contribution in [0, 0.1) is 16.7 Å². The predicted molar refractivity (Wildman–Crippen MR) is 99.7 cm³/mol. The second-order valence-electron chi connectivity index (χ2n) is 7.61. The Hall–Kier alpha value is -3.27. The molecule has 0 saturated heterocycles. The normalized spacial score (nSPS) is 20.8. The van der Waals surface area contributed by atoms with Crippen molar-refractivity contribution < 1.29 is 23.8 Å². The molecular formula is C21H22N2O5. The number of hydrogen-bond acceptors (Lipinski definition) is 7. The number of benzene rings is 1. The van der Waals surface area contributed by atoms with Gasteiger partial charge in [0.15, 0.2) is 12.4 Å². The number of para-hydroxylation sites is 1. The van der Waals surface area contributed by atoms with Crippen LogP contribution in [0.5, 0.6) is 5.75 Å². The lowest BCUT2D eigenvalue weighted by atomic mass is 9.70. The number of carbonyl (C=O) groups is 2. The minimum atomic E-state index is -0.703. The molecule has 1 aliphatic heterocycles. The van der Waals surface area contributed by atoms with Crippen LogP contribution in [0.1, 0.15) is 38.2 Å². The maximum Gasteiger partial charge on any atom is 0.343 e. The van der Waals surface area contributed by atoms with Crippen LogP contribution in [0.15, 0.2) is 47.1 Å². The molecule has 0 fully saturated rings. The first-order valence-electron chi connectivity index (χ1n) is 8.90. The van der Waals surface area contributed by atoms with Crippen molar-refractivity contribution in [2.24, 2.45) is 11.1 Å². The molecular weight excluding hydrogens is 360 g/mol. The molecule has 1 atom stereocenters. The number of nitriles is 1. The van der Waals surface area contributed by atoms with Crippen LogP contribution in [0.25, 0.3) is 0 Å². The minimum absolute atomic E-state index is 0.0143. The molecule has 1 aromatic rings. The van der Waals surface area contributed by atoms with Crippen molar-refractivity contribution in [2.45, 2.75) is 32.6 Å². The third-order valence-corrected chi connectivity index (χ3v) is 4.88.